The van der Waals surface area contributed by atoms with Gasteiger partial charge in [-0.3, -0.25) is 19.7 Å². The van der Waals surface area contributed by atoms with E-state index in [0.29, 0.717) is 10.4 Å². The van der Waals surface area contributed by atoms with Crippen molar-refractivity contribution in [2.24, 2.45) is 0 Å². The molecule has 2 aromatic rings. The van der Waals surface area contributed by atoms with Crippen LogP contribution in [0.5, 0.6) is 0 Å². The summed E-state index contributed by atoms with van der Waals surface area (Å²) in [5, 5.41) is 31.9. The van der Waals surface area contributed by atoms with Crippen molar-refractivity contribution in [3.05, 3.63) is 73.7 Å². The molecule has 1 unspecified atom stereocenters. The van der Waals surface area contributed by atoms with Gasteiger partial charge < -0.3 is 19.8 Å². The molecule has 1 amide bonds. The molecule has 0 spiro atoms. The summed E-state index contributed by atoms with van der Waals surface area (Å²) in [6.07, 6.45) is 0. The molecule has 1 aromatic heterocycles. The average molecular weight is 418 g/mol. The monoisotopic (exact) mass is 418 g/mol. The number of rotatable bonds is 9. The highest BCUT2D eigenvalue weighted by Crippen LogP contribution is 2.39. The predicted octanol–water partition coefficient (Wildman–Crippen LogP) is 2.24. The van der Waals surface area contributed by atoms with Crippen molar-refractivity contribution < 1.29 is 29.5 Å². The number of carbonyl (C=O) groups excluding carboxylic acids is 2. The molecule has 29 heavy (non-hydrogen) atoms. The molecule has 0 saturated heterocycles. The number of nitro groups is 1. The van der Waals surface area contributed by atoms with Crippen LogP contribution in [0.4, 0.5) is 5.69 Å². The summed E-state index contributed by atoms with van der Waals surface area (Å²) in [5.74, 6) is -1.84. The predicted molar refractivity (Wildman–Crippen MR) is 104 cm³/mol. The van der Waals surface area contributed by atoms with Gasteiger partial charge in [0.05, 0.1) is 41.2 Å². The van der Waals surface area contributed by atoms with Crippen LogP contribution in [0.1, 0.15) is 21.3 Å². The molecule has 0 fully saturated rings. The topological polar surface area (TPSA) is 130 Å². The summed E-state index contributed by atoms with van der Waals surface area (Å²) >= 11 is 1.18. The number of aliphatic hydroxyl groups excluding tert-OH is 2. The highest BCUT2D eigenvalue weighted by Gasteiger charge is 2.43. The van der Waals surface area contributed by atoms with E-state index in [2.05, 4.69) is 0 Å². The van der Waals surface area contributed by atoms with Crippen molar-refractivity contribution in [3.63, 3.8) is 0 Å². The summed E-state index contributed by atoms with van der Waals surface area (Å²) < 4.78 is 5.21. The average Bonchev–Trinajstić information content (AvgIpc) is 3.33. The molecule has 1 aliphatic heterocycles. The zero-order chi connectivity index (χ0) is 21.0. The fraction of sp³-hybridized carbons (Fsp3) is 0.263. The van der Waals surface area contributed by atoms with E-state index in [1.165, 1.54) is 40.5 Å². The standard InChI is InChI=1S/C19H18N2O7S/c22-8-10-28-9-7-20-16(12-3-5-13(6-4-12)21(26)27)15(18(24)19(20)25)17(23)14-2-1-11-29-14/h1-6,11,16,22,24H,7-10H2. The molecular formula is C19H18N2O7S. The van der Waals surface area contributed by atoms with Crippen LogP contribution < -0.4 is 0 Å². The number of non-ortho nitro benzene ring substituents is 1. The minimum Gasteiger partial charge on any atom is -0.503 e. The van der Waals surface area contributed by atoms with Crippen molar-refractivity contribution in [2.75, 3.05) is 26.4 Å². The molecule has 0 saturated carbocycles. The maximum atomic E-state index is 13.0. The van der Waals surface area contributed by atoms with E-state index in [4.69, 9.17) is 9.84 Å². The fourth-order valence-corrected chi connectivity index (χ4v) is 3.79. The number of hydrogen-bond donors (Lipinski definition) is 2. The number of benzene rings is 1. The Balaban J connectivity index is 1.98. The number of aliphatic hydroxyl groups is 2. The van der Waals surface area contributed by atoms with Crippen LogP contribution in [-0.2, 0) is 9.53 Å². The van der Waals surface area contributed by atoms with E-state index in [-0.39, 0.29) is 37.6 Å². The number of amides is 1. The van der Waals surface area contributed by atoms with Crippen molar-refractivity contribution in [1.82, 2.24) is 4.90 Å². The lowest BCUT2D eigenvalue weighted by Crippen LogP contribution is -2.34. The van der Waals surface area contributed by atoms with Crippen LogP contribution in [0.25, 0.3) is 0 Å². The van der Waals surface area contributed by atoms with E-state index in [0.717, 1.165) is 0 Å². The third-order valence-electron chi connectivity index (χ3n) is 4.43. The van der Waals surface area contributed by atoms with Gasteiger partial charge >= 0.3 is 0 Å². The van der Waals surface area contributed by atoms with Gasteiger partial charge in [-0.2, -0.15) is 0 Å². The zero-order valence-corrected chi connectivity index (χ0v) is 16.0. The Kier molecular flexibility index (Phi) is 6.37. The van der Waals surface area contributed by atoms with Gasteiger partial charge in [0.25, 0.3) is 11.6 Å². The molecule has 0 aliphatic carbocycles. The number of thiophene rings is 1. The fourth-order valence-electron chi connectivity index (χ4n) is 3.11. The van der Waals surface area contributed by atoms with Gasteiger partial charge in [-0.1, -0.05) is 6.07 Å². The zero-order valence-electron chi connectivity index (χ0n) is 15.2. The molecule has 0 bridgehead atoms. The quantitative estimate of drug-likeness (QED) is 0.276. The van der Waals surface area contributed by atoms with E-state index in [1.807, 2.05) is 0 Å². The number of Topliss-reactive ketones (excluding diaryl/α,β-unsaturated/α-hetero) is 1. The van der Waals surface area contributed by atoms with Gasteiger partial charge in [0.2, 0.25) is 5.78 Å². The van der Waals surface area contributed by atoms with Crippen LogP contribution >= 0.6 is 11.3 Å². The maximum Gasteiger partial charge on any atom is 0.290 e. The Hall–Kier alpha value is -3.08. The molecule has 1 aliphatic rings. The third kappa shape index (κ3) is 4.19. The van der Waals surface area contributed by atoms with E-state index >= 15 is 0 Å². The SMILES string of the molecule is O=C(C1=C(O)C(=O)N(CCOCCO)C1c1ccc([N+](=O)[O-])cc1)c1cccs1. The molecule has 3 rings (SSSR count). The van der Waals surface area contributed by atoms with Crippen molar-refractivity contribution >= 4 is 28.7 Å². The first kappa shape index (κ1) is 20.6. The Labute approximate surface area is 169 Å². The van der Waals surface area contributed by atoms with E-state index in [1.54, 1.807) is 17.5 Å². The highest BCUT2D eigenvalue weighted by atomic mass is 32.1. The summed E-state index contributed by atoms with van der Waals surface area (Å²) in [5.41, 5.74) is 0.249. The van der Waals surface area contributed by atoms with Crippen LogP contribution in [0.3, 0.4) is 0 Å². The molecule has 9 nitrogen and oxygen atoms in total. The smallest absolute Gasteiger partial charge is 0.290 e. The van der Waals surface area contributed by atoms with Gasteiger partial charge in [-0.05, 0) is 29.1 Å². The van der Waals surface area contributed by atoms with Crippen molar-refractivity contribution in [1.29, 1.82) is 0 Å². The largest absolute Gasteiger partial charge is 0.503 e. The first-order valence-electron chi connectivity index (χ1n) is 8.71. The molecule has 1 aromatic carbocycles. The number of ketones is 1. The number of nitro benzene ring substituents is 1. The Morgan fingerprint density at radius 1 is 1.24 bits per heavy atom. The van der Waals surface area contributed by atoms with Gasteiger partial charge in [0.15, 0.2) is 5.76 Å². The normalized spacial score (nSPS) is 16.5. The number of nitrogens with zero attached hydrogens (tertiary/aromatic N) is 2. The molecular weight excluding hydrogens is 400 g/mol. The molecule has 2 heterocycles. The Morgan fingerprint density at radius 3 is 2.55 bits per heavy atom. The van der Waals surface area contributed by atoms with Gasteiger partial charge in [0, 0.05) is 18.7 Å². The molecule has 0 radical (unpaired) electrons. The number of ether oxygens (including phenoxy) is 1. The maximum absolute atomic E-state index is 13.0. The molecule has 1 atom stereocenters. The lowest BCUT2D eigenvalue weighted by atomic mass is 9.95. The first-order valence-corrected chi connectivity index (χ1v) is 9.59. The van der Waals surface area contributed by atoms with Gasteiger partial charge in [0.1, 0.15) is 0 Å². The molecule has 2 N–H and O–H groups in total. The van der Waals surface area contributed by atoms with Gasteiger partial charge in [-0.25, -0.2) is 0 Å². The summed E-state index contributed by atoms with van der Waals surface area (Å²) in [6, 6.07) is 7.85. The Morgan fingerprint density at radius 2 is 1.97 bits per heavy atom. The first-order chi connectivity index (χ1) is 14.0. The second kappa shape index (κ2) is 8.95. The third-order valence-corrected chi connectivity index (χ3v) is 5.29. The minimum absolute atomic E-state index is 0.0613. The summed E-state index contributed by atoms with van der Waals surface area (Å²) in [6.45, 7) is 0.0608. The number of carbonyl (C=O) groups is 2. The van der Waals surface area contributed by atoms with Crippen molar-refractivity contribution in [3.8, 4) is 0 Å². The second-order valence-corrected chi connectivity index (χ2v) is 7.10. The minimum atomic E-state index is -0.907. The van der Waals surface area contributed by atoms with Crippen LogP contribution in [0.2, 0.25) is 0 Å². The summed E-state index contributed by atoms with van der Waals surface area (Å²) in [7, 11) is 0. The van der Waals surface area contributed by atoms with Crippen LogP contribution in [0, 0.1) is 10.1 Å². The van der Waals surface area contributed by atoms with Crippen LogP contribution in [0.15, 0.2) is 53.1 Å². The highest BCUT2D eigenvalue weighted by molar-refractivity contribution is 7.12. The van der Waals surface area contributed by atoms with Gasteiger partial charge in [-0.15, -0.1) is 11.3 Å². The van der Waals surface area contributed by atoms with Crippen molar-refractivity contribution in [2.45, 2.75) is 6.04 Å². The Bertz CT molecular complexity index is 938. The molecule has 10 heteroatoms. The molecule has 152 valence electrons. The lowest BCUT2D eigenvalue weighted by Gasteiger charge is -2.26. The van der Waals surface area contributed by atoms with Crippen LogP contribution in [-0.4, -0.2) is 58.1 Å². The van der Waals surface area contributed by atoms with E-state index < -0.39 is 28.4 Å². The van der Waals surface area contributed by atoms with E-state index in [9.17, 15) is 24.8 Å². The summed E-state index contributed by atoms with van der Waals surface area (Å²) in [4.78, 5) is 37.7. The number of hydrogen-bond acceptors (Lipinski definition) is 8. The lowest BCUT2D eigenvalue weighted by molar-refractivity contribution is -0.384. The second-order valence-electron chi connectivity index (χ2n) is 6.15.